The Hall–Kier alpha value is -1.76. The van der Waals surface area contributed by atoms with Gasteiger partial charge in [0.15, 0.2) is 0 Å². The highest BCUT2D eigenvalue weighted by Gasteiger charge is 2.09. The highest BCUT2D eigenvalue weighted by atomic mass is 14.7. The van der Waals surface area contributed by atoms with Crippen LogP contribution in [-0.4, -0.2) is 4.98 Å². The molecular weight excluding hydrogens is 194 g/mol. The van der Waals surface area contributed by atoms with Crippen LogP contribution < -0.4 is 0 Å². The molecule has 0 saturated heterocycles. The van der Waals surface area contributed by atoms with E-state index < -0.39 is 0 Å². The van der Waals surface area contributed by atoms with Crippen LogP contribution in [0.2, 0.25) is 0 Å². The van der Waals surface area contributed by atoms with Crippen LogP contribution in [0.25, 0.3) is 21.8 Å². The minimum absolute atomic E-state index is 0.553. The molecule has 16 heavy (non-hydrogen) atoms. The molecule has 0 aliphatic carbocycles. The maximum Gasteiger partial charge on any atom is 0.0500 e. The predicted octanol–water partition coefficient (Wildman–Crippen LogP) is 4.44. The summed E-state index contributed by atoms with van der Waals surface area (Å²) < 4.78 is 0. The first kappa shape index (κ1) is 9.46. The molecule has 1 nitrogen and oxygen atoms in total. The molecule has 0 atom stereocenters. The minimum Gasteiger partial charge on any atom is -0.354 e. The van der Waals surface area contributed by atoms with E-state index in [0.717, 1.165) is 0 Å². The molecule has 0 radical (unpaired) electrons. The van der Waals surface area contributed by atoms with Gasteiger partial charge in [-0.15, -0.1) is 0 Å². The first-order valence-corrected chi connectivity index (χ1v) is 5.76. The van der Waals surface area contributed by atoms with Crippen molar-refractivity contribution in [3.8, 4) is 0 Å². The van der Waals surface area contributed by atoms with Crippen LogP contribution in [0.5, 0.6) is 0 Å². The van der Waals surface area contributed by atoms with Crippen molar-refractivity contribution in [3.05, 3.63) is 48.0 Å². The fourth-order valence-electron chi connectivity index (χ4n) is 2.38. The Bertz CT molecular complexity index is 647. The molecule has 1 heterocycles. The van der Waals surface area contributed by atoms with Gasteiger partial charge in [-0.2, -0.15) is 0 Å². The van der Waals surface area contributed by atoms with Crippen molar-refractivity contribution in [2.75, 3.05) is 0 Å². The molecule has 0 fully saturated rings. The fraction of sp³-hybridized carbons (Fsp3) is 0.200. The highest BCUT2D eigenvalue weighted by molar-refractivity contribution is 6.08. The number of aromatic amines is 1. The Balaban J connectivity index is 2.49. The molecule has 0 aliphatic rings. The van der Waals surface area contributed by atoms with Gasteiger partial charge in [0.2, 0.25) is 0 Å². The third kappa shape index (κ3) is 1.25. The summed E-state index contributed by atoms with van der Waals surface area (Å²) in [6, 6.07) is 15.0. The lowest BCUT2D eigenvalue weighted by Gasteiger charge is -2.06. The summed E-state index contributed by atoms with van der Waals surface area (Å²) in [6.07, 6.45) is 0. The van der Waals surface area contributed by atoms with Crippen molar-refractivity contribution >= 4 is 21.8 Å². The van der Waals surface area contributed by atoms with Gasteiger partial charge >= 0.3 is 0 Å². The number of hydrogen-bond acceptors (Lipinski definition) is 0. The Kier molecular flexibility index (Phi) is 2.00. The second-order valence-corrected chi connectivity index (χ2v) is 4.60. The molecule has 3 aromatic rings. The van der Waals surface area contributed by atoms with E-state index in [4.69, 9.17) is 0 Å². The van der Waals surface area contributed by atoms with Crippen molar-refractivity contribution in [1.82, 2.24) is 4.98 Å². The molecule has 1 heteroatoms. The molecule has 0 spiro atoms. The standard InChI is InChI=1S/C15H15N/c1-10(2)11-7-5-8-13-12-6-3-4-9-14(12)16-15(11)13/h3-10,16H,1-2H3. The number of fused-ring (bicyclic) bond motifs is 3. The summed E-state index contributed by atoms with van der Waals surface area (Å²) in [6.45, 7) is 4.47. The first-order valence-electron chi connectivity index (χ1n) is 5.76. The number of hydrogen-bond donors (Lipinski definition) is 1. The number of para-hydroxylation sites is 2. The zero-order valence-electron chi connectivity index (χ0n) is 9.62. The van der Waals surface area contributed by atoms with E-state index in [9.17, 15) is 0 Å². The lowest BCUT2D eigenvalue weighted by molar-refractivity contribution is 0.874. The van der Waals surface area contributed by atoms with Crippen LogP contribution in [0.15, 0.2) is 42.5 Å². The van der Waals surface area contributed by atoms with Crippen LogP contribution in [0, 0.1) is 0 Å². The van der Waals surface area contributed by atoms with Crippen molar-refractivity contribution in [1.29, 1.82) is 0 Å². The maximum absolute atomic E-state index is 3.53. The largest absolute Gasteiger partial charge is 0.354 e. The Morgan fingerprint density at radius 1 is 0.875 bits per heavy atom. The fourth-order valence-corrected chi connectivity index (χ4v) is 2.38. The average Bonchev–Trinajstić information content (AvgIpc) is 2.67. The lowest BCUT2D eigenvalue weighted by atomic mass is 10.00. The quantitative estimate of drug-likeness (QED) is 0.609. The second kappa shape index (κ2) is 3.38. The van der Waals surface area contributed by atoms with Gasteiger partial charge in [-0.05, 0) is 17.5 Å². The number of rotatable bonds is 1. The van der Waals surface area contributed by atoms with Gasteiger partial charge in [0.05, 0.1) is 0 Å². The molecular formula is C15H15N. The highest BCUT2D eigenvalue weighted by Crippen LogP contribution is 2.30. The average molecular weight is 209 g/mol. The second-order valence-electron chi connectivity index (χ2n) is 4.60. The van der Waals surface area contributed by atoms with E-state index in [1.807, 2.05) is 0 Å². The third-order valence-electron chi connectivity index (χ3n) is 3.20. The van der Waals surface area contributed by atoms with E-state index in [-0.39, 0.29) is 0 Å². The molecule has 0 aliphatic heterocycles. The van der Waals surface area contributed by atoms with E-state index in [0.29, 0.717) is 5.92 Å². The van der Waals surface area contributed by atoms with Crippen molar-refractivity contribution in [2.24, 2.45) is 0 Å². The molecule has 0 unspecified atom stereocenters. The van der Waals surface area contributed by atoms with E-state index in [1.165, 1.54) is 27.4 Å². The Morgan fingerprint density at radius 3 is 2.44 bits per heavy atom. The zero-order valence-corrected chi connectivity index (χ0v) is 9.62. The lowest BCUT2D eigenvalue weighted by Crippen LogP contribution is -1.87. The van der Waals surface area contributed by atoms with Gasteiger partial charge in [-0.1, -0.05) is 50.2 Å². The van der Waals surface area contributed by atoms with Crippen LogP contribution >= 0.6 is 0 Å². The summed E-state index contributed by atoms with van der Waals surface area (Å²) in [5, 5.41) is 2.65. The van der Waals surface area contributed by atoms with Crippen molar-refractivity contribution in [3.63, 3.8) is 0 Å². The number of H-pyrrole nitrogens is 1. The molecule has 0 bridgehead atoms. The van der Waals surface area contributed by atoms with Crippen molar-refractivity contribution in [2.45, 2.75) is 19.8 Å². The van der Waals surface area contributed by atoms with Crippen LogP contribution in [0.3, 0.4) is 0 Å². The van der Waals surface area contributed by atoms with Gasteiger partial charge in [0.1, 0.15) is 0 Å². The van der Waals surface area contributed by atoms with E-state index in [2.05, 4.69) is 61.3 Å². The molecule has 3 rings (SSSR count). The molecule has 0 amide bonds. The topological polar surface area (TPSA) is 15.8 Å². The SMILES string of the molecule is CC(C)c1cccc2c1[nH]c1ccccc12. The van der Waals surface area contributed by atoms with Gasteiger partial charge in [-0.25, -0.2) is 0 Å². The number of aromatic nitrogens is 1. The molecule has 1 aromatic heterocycles. The normalized spacial score (nSPS) is 11.7. The summed E-state index contributed by atoms with van der Waals surface area (Å²) in [7, 11) is 0. The van der Waals surface area contributed by atoms with Gasteiger partial charge < -0.3 is 4.98 Å². The van der Waals surface area contributed by atoms with Crippen LogP contribution in [0.1, 0.15) is 25.3 Å². The summed E-state index contributed by atoms with van der Waals surface area (Å²) in [5.74, 6) is 0.553. The number of nitrogens with one attached hydrogen (secondary N) is 1. The molecule has 80 valence electrons. The predicted molar refractivity (Wildman–Crippen MR) is 69.9 cm³/mol. The van der Waals surface area contributed by atoms with Gasteiger partial charge in [0.25, 0.3) is 0 Å². The minimum atomic E-state index is 0.553. The van der Waals surface area contributed by atoms with Crippen LogP contribution in [-0.2, 0) is 0 Å². The van der Waals surface area contributed by atoms with Crippen molar-refractivity contribution < 1.29 is 0 Å². The summed E-state index contributed by atoms with van der Waals surface area (Å²) in [5.41, 5.74) is 3.91. The number of benzene rings is 2. The molecule has 0 saturated carbocycles. The van der Waals surface area contributed by atoms with Gasteiger partial charge in [-0.3, -0.25) is 0 Å². The smallest absolute Gasteiger partial charge is 0.0500 e. The Labute approximate surface area is 95.1 Å². The first-order chi connectivity index (χ1) is 7.77. The van der Waals surface area contributed by atoms with Gasteiger partial charge in [0, 0.05) is 21.8 Å². The van der Waals surface area contributed by atoms with Crippen LogP contribution in [0.4, 0.5) is 0 Å². The molecule has 2 aromatic carbocycles. The zero-order chi connectivity index (χ0) is 11.1. The summed E-state index contributed by atoms with van der Waals surface area (Å²) in [4.78, 5) is 3.53. The molecule has 1 N–H and O–H groups in total. The Morgan fingerprint density at radius 2 is 1.62 bits per heavy atom. The monoisotopic (exact) mass is 209 g/mol. The maximum atomic E-state index is 3.53. The third-order valence-corrected chi connectivity index (χ3v) is 3.20. The van der Waals surface area contributed by atoms with E-state index >= 15 is 0 Å². The van der Waals surface area contributed by atoms with E-state index in [1.54, 1.807) is 0 Å². The summed E-state index contributed by atoms with van der Waals surface area (Å²) >= 11 is 0.